The Bertz CT molecular complexity index is 140. The molecule has 0 heterocycles. The fourth-order valence-electron chi connectivity index (χ4n) is 0.817. The summed E-state index contributed by atoms with van der Waals surface area (Å²) >= 11 is 1.58. The highest BCUT2D eigenvalue weighted by atomic mass is 32.2. The number of hydrogen-bond donors (Lipinski definition) is 1. The number of aliphatic carboxylic acids is 1. The van der Waals surface area contributed by atoms with Crippen molar-refractivity contribution in [1.82, 2.24) is 0 Å². The number of carboxylic acids is 1. The quantitative estimate of drug-likeness (QED) is 0.480. The molecule has 0 aliphatic rings. The van der Waals surface area contributed by atoms with Crippen LogP contribution in [0.2, 0.25) is 0 Å². The summed E-state index contributed by atoms with van der Waals surface area (Å²) < 4.78 is 10.3. The molecule has 0 aromatic rings. The molecule has 0 spiro atoms. The molecule has 4 nitrogen and oxygen atoms in total. The van der Waals surface area contributed by atoms with E-state index in [4.69, 9.17) is 14.6 Å². The summed E-state index contributed by atoms with van der Waals surface area (Å²) in [5.74, 6) is -0.181. The maximum atomic E-state index is 10.2. The van der Waals surface area contributed by atoms with Crippen LogP contribution in [0.5, 0.6) is 0 Å². The number of rotatable bonds is 8. The van der Waals surface area contributed by atoms with E-state index < -0.39 is 5.97 Å². The smallest absolute Gasteiger partial charge is 0.303 e. The first-order valence-corrected chi connectivity index (χ1v) is 5.41. The summed E-state index contributed by atoms with van der Waals surface area (Å²) in [5.41, 5.74) is 0. The lowest BCUT2D eigenvalue weighted by atomic mass is 10.2. The van der Waals surface area contributed by atoms with Crippen LogP contribution in [0.3, 0.4) is 0 Å². The fraction of sp³-hybridized carbons (Fsp3) is 0.875. The van der Waals surface area contributed by atoms with E-state index in [1.807, 2.05) is 6.26 Å². The third kappa shape index (κ3) is 8.08. The Morgan fingerprint density at radius 1 is 1.62 bits per heavy atom. The zero-order chi connectivity index (χ0) is 10.1. The molecule has 0 aliphatic heterocycles. The van der Waals surface area contributed by atoms with E-state index in [-0.39, 0.29) is 12.5 Å². The summed E-state index contributed by atoms with van der Waals surface area (Å²) in [6.07, 6.45) is 2.46. The maximum Gasteiger partial charge on any atom is 0.303 e. The van der Waals surface area contributed by atoms with E-state index in [2.05, 4.69) is 0 Å². The van der Waals surface area contributed by atoms with Crippen molar-refractivity contribution in [2.45, 2.75) is 18.9 Å². The van der Waals surface area contributed by atoms with Crippen molar-refractivity contribution in [3.8, 4) is 0 Å². The molecule has 1 unspecified atom stereocenters. The molecule has 0 saturated carbocycles. The van der Waals surface area contributed by atoms with Gasteiger partial charge in [0.1, 0.15) is 0 Å². The third-order valence-electron chi connectivity index (χ3n) is 1.52. The lowest BCUT2D eigenvalue weighted by Crippen LogP contribution is -2.19. The van der Waals surface area contributed by atoms with Gasteiger partial charge in [0.2, 0.25) is 0 Å². The molecule has 78 valence electrons. The second-order valence-corrected chi connectivity index (χ2v) is 3.38. The summed E-state index contributed by atoms with van der Waals surface area (Å²) in [6.45, 7) is 0.463. The zero-order valence-electron chi connectivity index (χ0n) is 7.99. The van der Waals surface area contributed by atoms with E-state index >= 15 is 0 Å². The molecule has 0 aromatic heterocycles. The Kier molecular flexibility index (Phi) is 8.18. The predicted octanol–water partition coefficient (Wildman–Crippen LogP) is 1.20. The van der Waals surface area contributed by atoms with Crippen molar-refractivity contribution >= 4 is 17.7 Å². The van der Waals surface area contributed by atoms with Crippen molar-refractivity contribution in [2.24, 2.45) is 0 Å². The first-order chi connectivity index (χ1) is 6.20. The Labute approximate surface area is 82.6 Å². The zero-order valence-corrected chi connectivity index (χ0v) is 8.80. The molecule has 1 atom stereocenters. The van der Waals surface area contributed by atoms with Crippen molar-refractivity contribution in [2.75, 3.05) is 25.9 Å². The van der Waals surface area contributed by atoms with Gasteiger partial charge in [-0.2, -0.15) is 0 Å². The van der Waals surface area contributed by atoms with Gasteiger partial charge in [-0.05, 0) is 12.7 Å². The topological polar surface area (TPSA) is 55.8 Å². The van der Waals surface area contributed by atoms with Gasteiger partial charge >= 0.3 is 5.97 Å². The molecule has 0 radical (unpaired) electrons. The highest BCUT2D eigenvalue weighted by molar-refractivity contribution is 7.98. The van der Waals surface area contributed by atoms with Crippen LogP contribution < -0.4 is 0 Å². The summed E-state index contributed by atoms with van der Waals surface area (Å²) in [6, 6.07) is 0. The largest absolute Gasteiger partial charge is 0.481 e. The Morgan fingerprint density at radius 3 is 2.77 bits per heavy atom. The van der Waals surface area contributed by atoms with Gasteiger partial charge in [0, 0.05) is 13.5 Å². The summed E-state index contributed by atoms with van der Waals surface area (Å²) in [7, 11) is 1.56. The monoisotopic (exact) mass is 208 g/mol. The average Bonchev–Trinajstić information content (AvgIpc) is 2.10. The Hall–Kier alpha value is -0.260. The van der Waals surface area contributed by atoms with Gasteiger partial charge < -0.3 is 14.6 Å². The minimum atomic E-state index is -0.799. The van der Waals surface area contributed by atoms with Gasteiger partial charge in [0.25, 0.3) is 0 Å². The van der Waals surface area contributed by atoms with E-state index in [1.54, 1.807) is 18.9 Å². The summed E-state index contributed by atoms with van der Waals surface area (Å²) in [5, 5.41) is 8.43. The van der Waals surface area contributed by atoms with Crippen molar-refractivity contribution < 1.29 is 19.4 Å². The van der Waals surface area contributed by atoms with Crippen molar-refractivity contribution in [1.29, 1.82) is 0 Å². The van der Waals surface area contributed by atoms with E-state index in [9.17, 15) is 4.79 Å². The van der Waals surface area contributed by atoms with Gasteiger partial charge in [-0.15, -0.1) is 11.8 Å². The first-order valence-electron chi connectivity index (χ1n) is 4.02. The number of thioether (sulfide) groups is 1. The molecule has 0 saturated heterocycles. The molecule has 0 amide bonds. The van der Waals surface area contributed by atoms with E-state index in [0.29, 0.717) is 19.0 Å². The number of ether oxygens (including phenoxy) is 2. The minimum Gasteiger partial charge on any atom is -0.481 e. The standard InChI is InChI=1S/C8H16O4S/c1-11-7(3-4-8(9)10)5-12-6-13-2/h7H,3-6H2,1-2H3,(H,9,10). The van der Waals surface area contributed by atoms with Crippen LogP contribution in [0.1, 0.15) is 12.8 Å². The molecule has 0 bridgehead atoms. The Balaban J connectivity index is 3.45. The first kappa shape index (κ1) is 12.7. The molecule has 0 fully saturated rings. The van der Waals surface area contributed by atoms with Crippen LogP contribution in [-0.2, 0) is 14.3 Å². The number of carbonyl (C=O) groups is 1. The molecular weight excluding hydrogens is 192 g/mol. The van der Waals surface area contributed by atoms with Crippen LogP contribution in [0.4, 0.5) is 0 Å². The molecule has 0 aromatic carbocycles. The SMILES string of the molecule is COC(CCC(=O)O)COCSC. The third-order valence-corrected chi connectivity index (χ3v) is 1.92. The molecular formula is C8H16O4S. The lowest BCUT2D eigenvalue weighted by molar-refractivity contribution is -0.137. The van der Waals surface area contributed by atoms with Crippen LogP contribution in [-0.4, -0.2) is 43.1 Å². The van der Waals surface area contributed by atoms with Crippen LogP contribution >= 0.6 is 11.8 Å². The lowest BCUT2D eigenvalue weighted by Gasteiger charge is -2.13. The normalized spacial score (nSPS) is 12.8. The highest BCUT2D eigenvalue weighted by Gasteiger charge is 2.09. The summed E-state index contributed by atoms with van der Waals surface area (Å²) in [4.78, 5) is 10.2. The number of hydrogen-bond acceptors (Lipinski definition) is 4. The van der Waals surface area contributed by atoms with Gasteiger partial charge in [-0.25, -0.2) is 0 Å². The predicted molar refractivity (Wildman–Crippen MR) is 52.0 cm³/mol. The van der Waals surface area contributed by atoms with E-state index in [0.717, 1.165) is 0 Å². The highest BCUT2D eigenvalue weighted by Crippen LogP contribution is 2.03. The van der Waals surface area contributed by atoms with Gasteiger partial charge in [-0.3, -0.25) is 4.79 Å². The second kappa shape index (κ2) is 8.34. The molecule has 0 rings (SSSR count). The number of methoxy groups -OCH3 is 1. The van der Waals surface area contributed by atoms with Crippen LogP contribution in [0, 0.1) is 0 Å². The van der Waals surface area contributed by atoms with Crippen molar-refractivity contribution in [3.05, 3.63) is 0 Å². The van der Waals surface area contributed by atoms with Gasteiger partial charge in [-0.1, -0.05) is 0 Å². The van der Waals surface area contributed by atoms with Gasteiger partial charge in [0.15, 0.2) is 0 Å². The Morgan fingerprint density at radius 2 is 2.31 bits per heavy atom. The molecule has 0 aliphatic carbocycles. The molecule has 13 heavy (non-hydrogen) atoms. The van der Waals surface area contributed by atoms with Crippen LogP contribution in [0.15, 0.2) is 0 Å². The molecule has 5 heteroatoms. The van der Waals surface area contributed by atoms with Crippen molar-refractivity contribution in [3.63, 3.8) is 0 Å². The molecule has 1 N–H and O–H groups in total. The van der Waals surface area contributed by atoms with Crippen LogP contribution in [0.25, 0.3) is 0 Å². The number of carboxylic acid groups (broad SMARTS) is 1. The maximum absolute atomic E-state index is 10.2. The van der Waals surface area contributed by atoms with Gasteiger partial charge in [0.05, 0.1) is 18.6 Å². The van der Waals surface area contributed by atoms with E-state index in [1.165, 1.54) is 0 Å². The average molecular weight is 208 g/mol. The minimum absolute atomic E-state index is 0.108. The second-order valence-electron chi connectivity index (χ2n) is 2.57. The fourth-order valence-corrected chi connectivity index (χ4v) is 1.08.